The van der Waals surface area contributed by atoms with Crippen molar-refractivity contribution in [3.05, 3.63) is 12.7 Å². The van der Waals surface area contributed by atoms with Crippen molar-refractivity contribution in [2.24, 2.45) is 5.73 Å². The molecule has 6 N–H and O–H groups in total. The molecule has 0 saturated heterocycles. The number of carbonyl (C=O) groups excluding carboxylic acids is 2. The molecule has 0 atom stereocenters. The monoisotopic (exact) mass is 475 g/mol. The van der Waals surface area contributed by atoms with Crippen LogP contribution in [0.25, 0.3) is 0 Å². The maximum absolute atomic E-state index is 11.4. The van der Waals surface area contributed by atoms with E-state index in [-0.39, 0.29) is 6.61 Å². The van der Waals surface area contributed by atoms with Crippen molar-refractivity contribution >= 4 is 26.0 Å². The first-order valence-electron chi connectivity index (χ1n) is 8.34. The molecule has 0 aliphatic heterocycles. The zero-order valence-electron chi connectivity index (χ0n) is 16.7. The van der Waals surface area contributed by atoms with Crippen molar-refractivity contribution in [3.63, 3.8) is 0 Å². The van der Waals surface area contributed by atoms with Gasteiger partial charge in [-0.25, -0.2) is 9.59 Å². The fourth-order valence-corrected chi connectivity index (χ4v) is 1.29. The molecule has 180 valence electrons. The summed E-state index contributed by atoms with van der Waals surface area (Å²) in [6, 6.07) is 0. The predicted molar refractivity (Wildman–Crippen MR) is 100 cm³/mol. The number of hydrogen-bond acceptors (Lipinski definition) is 4. The molecule has 0 bridgehead atoms. The normalized spacial score (nSPS) is 14.1. The zero-order chi connectivity index (χ0) is 24.1. The Bertz CT molecular complexity index is 596. The molecule has 9 nitrogen and oxygen atoms in total. The van der Waals surface area contributed by atoms with E-state index in [1.807, 2.05) is 0 Å². The summed E-state index contributed by atoms with van der Waals surface area (Å²) in [6.07, 6.45) is 0.492. The Balaban J connectivity index is 0. The number of hydrogen-bond donors (Lipinski definition) is 5. The maximum atomic E-state index is 11.4. The Morgan fingerprint density at radius 3 is 1.93 bits per heavy atom. The molecule has 0 radical (unpaired) electrons. The van der Waals surface area contributed by atoms with Crippen molar-refractivity contribution in [3.8, 4) is 0 Å². The van der Waals surface area contributed by atoms with Gasteiger partial charge in [-0.2, -0.15) is 0 Å². The quantitative estimate of drug-likeness (QED) is 0.0910. The van der Waals surface area contributed by atoms with Crippen LogP contribution in [0.3, 0.4) is 0 Å². The van der Waals surface area contributed by atoms with Crippen LogP contribution in [0.2, 0.25) is 0 Å². The Morgan fingerprint density at radius 1 is 1.00 bits per heavy atom. The van der Waals surface area contributed by atoms with E-state index < -0.39 is 25.6 Å². The molecule has 30 heavy (non-hydrogen) atoms. The van der Waals surface area contributed by atoms with Crippen molar-refractivity contribution in [2.75, 3.05) is 32.8 Å². The van der Waals surface area contributed by atoms with Gasteiger partial charge in [0.15, 0.2) is 0 Å². The second-order valence-electron chi connectivity index (χ2n) is 6.47. The molecule has 0 aliphatic carbocycles. The van der Waals surface area contributed by atoms with Gasteiger partial charge in [0.2, 0.25) is 0 Å². The minimum absolute atomic E-state index is 0.166. The first-order valence-corrected chi connectivity index (χ1v) is 10.4. The van der Waals surface area contributed by atoms with Crippen LogP contribution in [0, 0.1) is 0 Å². The summed E-state index contributed by atoms with van der Waals surface area (Å²) >= 11 is 0. The van der Waals surface area contributed by atoms with Crippen molar-refractivity contribution < 1.29 is 49.2 Å². The molecule has 0 aliphatic rings. The number of rotatable bonds is 8. The second-order valence-corrected chi connectivity index (χ2v) is 8.38. The number of nitrogens with one attached hydrogen (secondary N) is 4. The number of amides is 2. The van der Waals surface area contributed by atoms with Crippen molar-refractivity contribution in [2.45, 2.75) is 26.4 Å². The Kier molecular flexibility index (Phi) is 11.0. The number of ether oxygens (including phenoxy) is 2. The van der Waals surface area contributed by atoms with Gasteiger partial charge < -0.3 is 20.1 Å². The molecule has 2 amide bonds. The van der Waals surface area contributed by atoms with Crippen molar-refractivity contribution in [1.29, 1.82) is 0 Å². The summed E-state index contributed by atoms with van der Waals surface area (Å²) in [4.78, 5) is 25.4. The molecular weight excluding hydrogens is 447 g/mol. The van der Waals surface area contributed by atoms with E-state index in [4.69, 9.17) is 15.2 Å². The Morgan fingerprint density at radius 2 is 1.47 bits per heavy atom. The molecule has 0 aromatic heterocycles. The second kappa shape index (κ2) is 11.1. The third-order valence-electron chi connectivity index (χ3n) is 2.15. The van der Waals surface area contributed by atoms with Crippen LogP contribution in [0.1, 0.15) is 20.8 Å². The van der Waals surface area contributed by atoms with Crippen LogP contribution in [-0.4, -0.2) is 56.5 Å². The third kappa shape index (κ3) is 36.5. The van der Waals surface area contributed by atoms with E-state index in [9.17, 15) is 34.8 Å². The summed E-state index contributed by atoms with van der Waals surface area (Å²) in [6.45, 7) is 10.6. The first-order chi connectivity index (χ1) is 13.2. The summed E-state index contributed by atoms with van der Waals surface area (Å²) in [7, 11) is -10.7. The SMILES string of the molecule is C=CCOC(=O)NCCNC(N)=[NH+]CCNC(=O)OC(C)(C)C.F[P-](F)(F)(F)(F)F. The molecule has 0 aromatic rings. The third-order valence-corrected chi connectivity index (χ3v) is 2.15. The van der Waals surface area contributed by atoms with Gasteiger partial charge in [-0.15, -0.1) is 0 Å². The van der Waals surface area contributed by atoms with Gasteiger partial charge in [0.1, 0.15) is 12.2 Å². The number of alkyl carbamates (subject to hydrolysis) is 2. The van der Waals surface area contributed by atoms with Crippen LogP contribution >= 0.6 is 7.81 Å². The summed E-state index contributed by atoms with van der Waals surface area (Å²) in [5, 5.41) is 8.00. The van der Waals surface area contributed by atoms with Crippen molar-refractivity contribution in [1.82, 2.24) is 16.0 Å². The number of guanidine groups is 1. The van der Waals surface area contributed by atoms with Crippen LogP contribution in [0.4, 0.5) is 34.8 Å². The zero-order valence-corrected chi connectivity index (χ0v) is 17.6. The Labute approximate surface area is 169 Å². The molecule has 0 spiro atoms. The van der Waals surface area contributed by atoms with Gasteiger partial charge >= 0.3 is 51.1 Å². The van der Waals surface area contributed by atoms with Gasteiger partial charge in [-0.05, 0) is 20.8 Å². The molecule has 0 fully saturated rings. The van der Waals surface area contributed by atoms with E-state index in [2.05, 4.69) is 27.5 Å². The van der Waals surface area contributed by atoms with Gasteiger partial charge in [-0.3, -0.25) is 16.0 Å². The van der Waals surface area contributed by atoms with Crippen LogP contribution in [-0.2, 0) is 9.47 Å². The molecule has 0 unspecified atom stereocenters. The van der Waals surface area contributed by atoms with Gasteiger partial charge in [-0.1, -0.05) is 12.7 Å². The fraction of sp³-hybridized carbons (Fsp3) is 0.643. The summed E-state index contributed by atoms with van der Waals surface area (Å²) in [5.74, 6) is 0.345. The number of halogens is 6. The average Bonchev–Trinajstić information content (AvgIpc) is 2.49. The van der Waals surface area contributed by atoms with E-state index >= 15 is 0 Å². The minimum atomic E-state index is -10.7. The van der Waals surface area contributed by atoms with Gasteiger partial charge in [0.25, 0.3) is 0 Å². The van der Waals surface area contributed by atoms with Gasteiger partial charge in [0, 0.05) is 0 Å². The summed E-state index contributed by atoms with van der Waals surface area (Å²) < 4.78 is 69.0. The predicted octanol–water partition coefficient (Wildman–Crippen LogP) is 1.79. The molecule has 0 heterocycles. The molecular formula is C14H28F6N5O4P. The van der Waals surface area contributed by atoms with E-state index in [0.717, 1.165) is 0 Å². The number of nitrogens with two attached hydrogens (primary N) is 1. The van der Waals surface area contributed by atoms with E-state index in [1.54, 1.807) is 20.8 Å². The molecule has 0 saturated carbocycles. The van der Waals surface area contributed by atoms with Gasteiger partial charge in [0.05, 0.1) is 26.2 Å². The average molecular weight is 475 g/mol. The van der Waals surface area contributed by atoms with Crippen LogP contribution in [0.15, 0.2) is 12.7 Å². The standard InChI is InChI=1S/C14H27N5O4.F6P/c1-5-10-22-12(20)18-8-6-16-11(15)17-7-9-19-13(21)23-14(2,3)4;1-7(2,3,4,5)6/h5H,1,6-10H2,2-4H3,(H,18,20)(H,19,21)(H3,15,16,17);/q;-1/p+1. The van der Waals surface area contributed by atoms with E-state index in [0.29, 0.717) is 32.1 Å². The molecule has 16 heteroatoms. The number of carbonyl (C=O) groups is 2. The van der Waals surface area contributed by atoms with E-state index in [1.165, 1.54) is 6.08 Å². The topological polar surface area (TPSA) is 129 Å². The molecule has 0 aromatic carbocycles. The van der Waals surface area contributed by atoms with Crippen LogP contribution in [0.5, 0.6) is 0 Å². The fourth-order valence-electron chi connectivity index (χ4n) is 1.29. The Hall–Kier alpha value is -2.44. The first kappa shape index (κ1) is 29.8. The van der Waals surface area contributed by atoms with Crippen LogP contribution < -0.4 is 26.7 Å². The summed E-state index contributed by atoms with van der Waals surface area (Å²) in [5.41, 5.74) is 5.16. The molecule has 0 rings (SSSR count).